The van der Waals surface area contributed by atoms with Crippen LogP contribution >= 0.6 is 0 Å². The van der Waals surface area contributed by atoms with E-state index in [1.54, 1.807) is 25.1 Å². The van der Waals surface area contributed by atoms with Gasteiger partial charge in [0.25, 0.3) is 6.47 Å². The summed E-state index contributed by atoms with van der Waals surface area (Å²) in [6, 6.07) is 7.16. The number of fused-ring (bicyclic) bond motifs is 1. The van der Waals surface area contributed by atoms with Gasteiger partial charge in [-0.05, 0) is 18.6 Å². The van der Waals surface area contributed by atoms with Gasteiger partial charge in [-0.2, -0.15) is 5.26 Å². The number of nitriles is 1. The lowest BCUT2D eigenvalue weighted by Gasteiger charge is -2.11. The third kappa shape index (κ3) is 1.64. The van der Waals surface area contributed by atoms with E-state index in [9.17, 15) is 9.59 Å². The Kier molecular flexibility index (Phi) is 2.56. The molecule has 1 aromatic carbocycles. The third-order valence-corrected chi connectivity index (χ3v) is 2.87. The number of hydrogen-bond acceptors (Lipinski definition) is 4. The van der Waals surface area contributed by atoms with Gasteiger partial charge in [-0.25, -0.2) is 0 Å². The number of carbonyl (C=O) groups is 2. The van der Waals surface area contributed by atoms with Crippen molar-refractivity contribution < 1.29 is 14.3 Å². The minimum atomic E-state index is -1.14. The van der Waals surface area contributed by atoms with Gasteiger partial charge in [0.15, 0.2) is 5.41 Å². The predicted molar refractivity (Wildman–Crippen MR) is 58.9 cm³/mol. The molecule has 1 amide bonds. The highest BCUT2D eigenvalue weighted by molar-refractivity contribution is 6.08. The van der Waals surface area contributed by atoms with Crippen molar-refractivity contribution in [1.29, 1.82) is 5.26 Å². The molecule has 0 aliphatic carbocycles. The maximum Gasteiger partial charge on any atom is 0.293 e. The van der Waals surface area contributed by atoms with Crippen LogP contribution in [0.3, 0.4) is 0 Å². The minimum absolute atomic E-state index is 0.149. The molecule has 0 fully saturated rings. The molecule has 1 aliphatic rings. The summed E-state index contributed by atoms with van der Waals surface area (Å²) in [6.45, 7) is 2.09. The molecule has 5 heteroatoms. The number of benzene rings is 1. The molecule has 5 nitrogen and oxygen atoms in total. The number of amides is 1. The largest absolute Gasteiger partial charge is 0.463 e. The molecule has 0 radical (unpaired) electrons. The number of rotatable bonds is 3. The van der Waals surface area contributed by atoms with Crippen LogP contribution in [0.1, 0.15) is 18.1 Å². The van der Waals surface area contributed by atoms with Gasteiger partial charge in [0, 0.05) is 11.3 Å². The summed E-state index contributed by atoms with van der Waals surface area (Å²) < 4.78 is 4.63. The molecular weight excluding hydrogens is 220 g/mol. The Morgan fingerprint density at radius 2 is 2.35 bits per heavy atom. The zero-order chi connectivity index (χ0) is 12.5. The van der Waals surface area contributed by atoms with Gasteiger partial charge in [-0.1, -0.05) is 12.1 Å². The first-order chi connectivity index (χ1) is 8.11. The van der Waals surface area contributed by atoms with E-state index in [2.05, 4.69) is 10.1 Å². The molecule has 0 saturated carbocycles. The Morgan fingerprint density at radius 3 is 3.00 bits per heavy atom. The smallest absolute Gasteiger partial charge is 0.293 e. The topological polar surface area (TPSA) is 79.2 Å². The van der Waals surface area contributed by atoms with Crippen molar-refractivity contribution in [3.05, 3.63) is 29.3 Å². The van der Waals surface area contributed by atoms with Crippen molar-refractivity contribution in [3.8, 4) is 6.07 Å². The van der Waals surface area contributed by atoms with Crippen LogP contribution in [0.25, 0.3) is 0 Å². The fourth-order valence-electron chi connectivity index (χ4n) is 1.83. The first-order valence-electron chi connectivity index (χ1n) is 5.03. The lowest BCUT2D eigenvalue weighted by atomic mass is 9.85. The first-order valence-corrected chi connectivity index (χ1v) is 5.03. The summed E-state index contributed by atoms with van der Waals surface area (Å²) in [5.41, 5.74) is 0.878. The van der Waals surface area contributed by atoms with Crippen LogP contribution in [-0.2, 0) is 26.3 Å². The van der Waals surface area contributed by atoms with Crippen molar-refractivity contribution >= 4 is 18.1 Å². The maximum absolute atomic E-state index is 11.7. The average Bonchev–Trinajstić information content (AvgIpc) is 2.59. The third-order valence-electron chi connectivity index (χ3n) is 2.87. The van der Waals surface area contributed by atoms with E-state index in [0.717, 1.165) is 5.56 Å². The molecule has 0 saturated heterocycles. The average molecular weight is 230 g/mol. The quantitative estimate of drug-likeness (QED) is 0.788. The fraction of sp³-hybridized carbons (Fsp3) is 0.250. The minimum Gasteiger partial charge on any atom is -0.463 e. The van der Waals surface area contributed by atoms with Crippen LogP contribution in [0.5, 0.6) is 0 Å². The van der Waals surface area contributed by atoms with Gasteiger partial charge in [0.1, 0.15) is 6.61 Å². The summed E-state index contributed by atoms with van der Waals surface area (Å²) >= 11 is 0. The van der Waals surface area contributed by atoms with E-state index in [0.29, 0.717) is 17.7 Å². The molecule has 0 spiro atoms. The normalized spacial score (nSPS) is 21.3. The molecule has 1 heterocycles. The molecule has 86 valence electrons. The van der Waals surface area contributed by atoms with Crippen molar-refractivity contribution in [2.75, 3.05) is 5.32 Å². The standard InChI is InChI=1S/C12H10N2O3/c1-12(6-13)9-3-2-8(5-17-7-15)4-10(9)14-11(12)16/h2-4,7H,5H2,1H3,(H,14,16). The second-order valence-corrected chi connectivity index (χ2v) is 3.98. The molecule has 1 aliphatic heterocycles. The number of ether oxygens (including phenoxy) is 1. The van der Waals surface area contributed by atoms with Gasteiger partial charge in [0.05, 0.1) is 6.07 Å². The zero-order valence-corrected chi connectivity index (χ0v) is 9.19. The van der Waals surface area contributed by atoms with Crippen LogP contribution < -0.4 is 5.32 Å². The van der Waals surface area contributed by atoms with Crippen LogP contribution in [0, 0.1) is 11.3 Å². The molecule has 0 bridgehead atoms. The van der Waals surface area contributed by atoms with Crippen LogP contribution in [0.15, 0.2) is 18.2 Å². The molecule has 1 atom stereocenters. The summed E-state index contributed by atoms with van der Waals surface area (Å²) in [4.78, 5) is 21.8. The Hall–Kier alpha value is -2.35. The van der Waals surface area contributed by atoms with Crippen LogP contribution in [0.2, 0.25) is 0 Å². The van der Waals surface area contributed by atoms with Crippen molar-refractivity contribution in [2.24, 2.45) is 0 Å². The Morgan fingerprint density at radius 1 is 1.59 bits per heavy atom. The first kappa shape index (κ1) is 11.1. The summed E-state index contributed by atoms with van der Waals surface area (Å²) in [5.74, 6) is -0.330. The van der Waals surface area contributed by atoms with Gasteiger partial charge in [0.2, 0.25) is 5.91 Å². The predicted octanol–water partition coefficient (Wildman–Crippen LogP) is 1.09. The molecule has 0 aromatic heterocycles. The van der Waals surface area contributed by atoms with Crippen LogP contribution in [-0.4, -0.2) is 12.4 Å². The van der Waals surface area contributed by atoms with E-state index in [4.69, 9.17) is 5.26 Å². The van der Waals surface area contributed by atoms with Crippen molar-refractivity contribution in [1.82, 2.24) is 0 Å². The lowest BCUT2D eigenvalue weighted by molar-refractivity contribution is -0.129. The van der Waals surface area contributed by atoms with Gasteiger partial charge in [-0.3, -0.25) is 9.59 Å². The van der Waals surface area contributed by atoms with E-state index in [1.165, 1.54) is 0 Å². The molecule has 1 aromatic rings. The maximum atomic E-state index is 11.7. The molecule has 17 heavy (non-hydrogen) atoms. The number of nitrogens with zero attached hydrogens (tertiary/aromatic N) is 1. The van der Waals surface area contributed by atoms with Crippen LogP contribution in [0.4, 0.5) is 5.69 Å². The SMILES string of the molecule is CC1(C#N)C(=O)Nc2cc(COC=O)ccc21. The number of nitrogens with one attached hydrogen (secondary N) is 1. The highest BCUT2D eigenvalue weighted by Gasteiger charge is 2.43. The molecule has 1 unspecified atom stereocenters. The Bertz CT molecular complexity index is 533. The summed E-state index contributed by atoms with van der Waals surface area (Å²) in [6.07, 6.45) is 0. The highest BCUT2D eigenvalue weighted by Crippen LogP contribution is 2.37. The monoisotopic (exact) mass is 230 g/mol. The Labute approximate surface area is 98.0 Å². The van der Waals surface area contributed by atoms with E-state index in [1.807, 2.05) is 6.07 Å². The van der Waals surface area contributed by atoms with Crippen molar-refractivity contribution in [3.63, 3.8) is 0 Å². The van der Waals surface area contributed by atoms with E-state index in [-0.39, 0.29) is 12.5 Å². The Balaban J connectivity index is 2.39. The fourth-order valence-corrected chi connectivity index (χ4v) is 1.83. The van der Waals surface area contributed by atoms with Crippen molar-refractivity contribution in [2.45, 2.75) is 18.9 Å². The van der Waals surface area contributed by atoms with Gasteiger partial charge in [-0.15, -0.1) is 0 Å². The summed E-state index contributed by atoms with van der Waals surface area (Å²) in [7, 11) is 0. The number of hydrogen-bond donors (Lipinski definition) is 1. The second kappa shape index (κ2) is 3.91. The second-order valence-electron chi connectivity index (χ2n) is 3.98. The number of carbonyl (C=O) groups excluding carboxylic acids is 2. The molecule has 2 rings (SSSR count). The van der Waals surface area contributed by atoms with Gasteiger partial charge >= 0.3 is 0 Å². The highest BCUT2D eigenvalue weighted by atomic mass is 16.5. The lowest BCUT2D eigenvalue weighted by Crippen LogP contribution is -2.28. The van der Waals surface area contributed by atoms with E-state index >= 15 is 0 Å². The molecule has 1 N–H and O–H groups in total. The number of anilines is 1. The zero-order valence-electron chi connectivity index (χ0n) is 9.19. The summed E-state index contributed by atoms with van der Waals surface area (Å²) in [5, 5.41) is 11.7. The molecular formula is C12H10N2O3. The van der Waals surface area contributed by atoms with Gasteiger partial charge < -0.3 is 10.1 Å². The van der Waals surface area contributed by atoms with E-state index < -0.39 is 5.41 Å².